The van der Waals surface area contributed by atoms with Gasteiger partial charge in [-0.3, -0.25) is 0 Å². The van der Waals surface area contributed by atoms with Crippen LogP contribution in [0.5, 0.6) is 0 Å². The molecule has 0 saturated heterocycles. The zero-order chi connectivity index (χ0) is 44.8. The number of nitrogens with zero attached hydrogens (tertiary/aromatic N) is 2. The fourth-order valence-electron chi connectivity index (χ4n) is 7.88. The maximum Gasteiger partial charge on any atom is 4.00 e. The van der Waals surface area contributed by atoms with E-state index in [-0.39, 0.29) is 32.5 Å². The molecular formula is C54H82F4N2Ti. The van der Waals surface area contributed by atoms with Gasteiger partial charge in [0, 0.05) is 49.4 Å². The van der Waals surface area contributed by atoms with Crippen LogP contribution in [-0.2, 0) is 21.7 Å². The van der Waals surface area contributed by atoms with Gasteiger partial charge in [0.2, 0.25) is 0 Å². The third kappa shape index (κ3) is 26.4. The van der Waals surface area contributed by atoms with E-state index in [9.17, 15) is 17.6 Å². The van der Waals surface area contributed by atoms with Gasteiger partial charge in [-0.1, -0.05) is 133 Å². The van der Waals surface area contributed by atoms with Gasteiger partial charge in [-0.25, -0.2) is 41.8 Å². The number of rotatable bonds is 24. The maximum atomic E-state index is 14.3. The van der Waals surface area contributed by atoms with Crippen molar-refractivity contribution in [3.8, 4) is 0 Å². The molecule has 0 N–H and O–H groups in total. The summed E-state index contributed by atoms with van der Waals surface area (Å²) in [7, 11) is 0. The molecule has 4 rings (SSSR count). The Balaban J connectivity index is 0.000000940. The molecule has 2 nitrogen and oxygen atoms in total. The fraction of sp³-hybridized carbons (Fsp3) is 0.593. The average Bonchev–Trinajstić information content (AvgIpc) is 3.99. The first-order valence-corrected chi connectivity index (χ1v) is 23.2. The SMILES string of the molecule is CCCCC(CC)CCN(CC(C)(C)CCC)c1ccc(F)[c-]c1F.CCCCC(CC)CCN(CC(C)(C)CCC)c1ccc(F)[c-]c1F.[Ti+4].c1cc[cH-]c1.c1cc[cH-]c1. The predicted octanol–water partition coefficient (Wildman–Crippen LogP) is 16.8. The quantitative estimate of drug-likeness (QED) is 0.0393. The van der Waals surface area contributed by atoms with Gasteiger partial charge < -0.3 is 9.80 Å². The van der Waals surface area contributed by atoms with E-state index in [0.717, 1.165) is 77.5 Å². The van der Waals surface area contributed by atoms with E-state index in [1.807, 2.05) is 60.7 Å². The molecule has 0 fully saturated rings. The van der Waals surface area contributed by atoms with Crippen molar-refractivity contribution >= 4 is 11.4 Å². The Morgan fingerprint density at radius 1 is 0.525 bits per heavy atom. The Labute approximate surface area is 386 Å². The first kappa shape index (κ1) is 58.2. The zero-order valence-electron chi connectivity index (χ0n) is 39.9. The van der Waals surface area contributed by atoms with E-state index < -0.39 is 23.3 Å². The van der Waals surface area contributed by atoms with Crippen molar-refractivity contribution in [2.24, 2.45) is 22.7 Å². The number of halogens is 4. The summed E-state index contributed by atoms with van der Waals surface area (Å²) in [4.78, 5) is 4.21. The monoisotopic (exact) mass is 883 g/mol. The number of benzene rings is 2. The molecule has 0 radical (unpaired) electrons. The fourth-order valence-corrected chi connectivity index (χ4v) is 7.88. The minimum atomic E-state index is -0.636. The molecule has 0 aromatic heterocycles. The second-order valence-electron chi connectivity index (χ2n) is 18.0. The van der Waals surface area contributed by atoms with Gasteiger partial charge in [-0.15, -0.1) is 36.4 Å². The van der Waals surface area contributed by atoms with Crippen LogP contribution in [0, 0.1) is 58.1 Å². The van der Waals surface area contributed by atoms with Crippen molar-refractivity contribution in [1.82, 2.24) is 0 Å². The molecule has 0 amide bonds. The Morgan fingerprint density at radius 2 is 0.869 bits per heavy atom. The molecule has 4 aromatic rings. The van der Waals surface area contributed by atoms with Crippen molar-refractivity contribution in [3.05, 3.63) is 120 Å². The van der Waals surface area contributed by atoms with Crippen molar-refractivity contribution in [1.29, 1.82) is 0 Å². The van der Waals surface area contributed by atoms with Crippen molar-refractivity contribution < 1.29 is 39.3 Å². The molecule has 340 valence electrons. The Hall–Kier alpha value is -2.83. The summed E-state index contributed by atoms with van der Waals surface area (Å²) in [6.07, 6.45) is 16.2. The third-order valence-electron chi connectivity index (χ3n) is 11.3. The molecule has 0 bridgehead atoms. The topological polar surface area (TPSA) is 6.48 Å². The molecule has 0 aliphatic rings. The maximum absolute atomic E-state index is 14.3. The van der Waals surface area contributed by atoms with Crippen LogP contribution in [0.15, 0.2) is 84.9 Å². The number of hydrogen-bond donors (Lipinski definition) is 0. The molecule has 61 heavy (non-hydrogen) atoms. The Bertz CT molecular complexity index is 1420. The van der Waals surface area contributed by atoms with Gasteiger partial charge in [0.1, 0.15) is 0 Å². The summed E-state index contributed by atoms with van der Waals surface area (Å²) < 4.78 is 55.2. The molecule has 2 atom stereocenters. The number of hydrogen-bond acceptors (Lipinski definition) is 2. The molecule has 0 spiro atoms. The summed E-state index contributed by atoms with van der Waals surface area (Å²) in [5.74, 6) is -1.08. The number of unbranched alkanes of at least 4 members (excludes halogenated alkanes) is 2. The zero-order valence-corrected chi connectivity index (χ0v) is 41.4. The first-order valence-electron chi connectivity index (χ1n) is 23.2. The minimum absolute atomic E-state index is 0. The van der Waals surface area contributed by atoms with Crippen LogP contribution in [-0.4, -0.2) is 26.2 Å². The predicted molar refractivity (Wildman–Crippen MR) is 252 cm³/mol. The van der Waals surface area contributed by atoms with Crippen LogP contribution < -0.4 is 9.80 Å². The van der Waals surface area contributed by atoms with Gasteiger partial charge in [0.25, 0.3) is 0 Å². The molecule has 4 aromatic carbocycles. The summed E-state index contributed by atoms with van der Waals surface area (Å²) in [6.45, 7) is 25.3. The summed E-state index contributed by atoms with van der Waals surface area (Å²) in [5, 5.41) is 0. The van der Waals surface area contributed by atoms with Crippen molar-refractivity contribution in [3.63, 3.8) is 0 Å². The van der Waals surface area contributed by atoms with E-state index in [2.05, 4.69) is 91.2 Å². The molecule has 2 unspecified atom stereocenters. The molecule has 0 aliphatic carbocycles. The van der Waals surface area contributed by atoms with Gasteiger partial charge in [0.15, 0.2) is 0 Å². The Morgan fingerprint density at radius 3 is 1.11 bits per heavy atom. The molecular weight excluding hydrogens is 800 g/mol. The van der Waals surface area contributed by atoms with E-state index >= 15 is 0 Å². The smallest absolute Gasteiger partial charge is 0.421 e. The van der Waals surface area contributed by atoms with Crippen LogP contribution in [0.3, 0.4) is 0 Å². The van der Waals surface area contributed by atoms with E-state index in [0.29, 0.717) is 23.2 Å². The van der Waals surface area contributed by atoms with Crippen LogP contribution >= 0.6 is 0 Å². The summed E-state index contributed by atoms with van der Waals surface area (Å²) in [5.41, 5.74) is 1.16. The third-order valence-corrected chi connectivity index (χ3v) is 11.3. The van der Waals surface area contributed by atoms with Crippen LogP contribution in [0.25, 0.3) is 0 Å². The van der Waals surface area contributed by atoms with Crippen molar-refractivity contribution in [2.75, 3.05) is 36.0 Å². The average molecular weight is 883 g/mol. The van der Waals surface area contributed by atoms with Crippen LogP contribution in [0.1, 0.15) is 159 Å². The van der Waals surface area contributed by atoms with Gasteiger partial charge in [-0.2, -0.15) is 36.4 Å². The van der Waals surface area contributed by atoms with E-state index in [1.54, 1.807) is 12.1 Å². The molecule has 0 heterocycles. The summed E-state index contributed by atoms with van der Waals surface area (Å²) >= 11 is 0. The van der Waals surface area contributed by atoms with E-state index in [4.69, 9.17) is 0 Å². The molecule has 0 aliphatic heterocycles. The number of anilines is 2. The Kier molecular flexibility index (Phi) is 32.1. The molecule has 7 heteroatoms. The summed E-state index contributed by atoms with van der Waals surface area (Å²) in [6, 6.07) is 30.2. The van der Waals surface area contributed by atoms with Crippen molar-refractivity contribution in [2.45, 2.75) is 159 Å². The standard InChI is InChI=1S/2C22H36F2N.2C5H5.Ti/c2*1-6-9-10-18(8-3)13-15-25(17-22(4,5)14-7-2)21-12-11-19(23)16-20(21)24;2*1-2-4-5-3-1;/h2*11-12,18H,6-10,13-15,17H2,1-5H3;2*1-5H;/q4*-1;+4. The normalized spacial score (nSPS) is 12.0. The second kappa shape index (κ2) is 33.7. The largest absolute Gasteiger partial charge is 4.00 e. The van der Waals surface area contributed by atoms with Gasteiger partial charge in [-0.05, 0) is 59.7 Å². The van der Waals surface area contributed by atoms with Crippen LogP contribution in [0.4, 0.5) is 28.9 Å². The molecule has 0 saturated carbocycles. The van der Waals surface area contributed by atoms with Gasteiger partial charge in [0.05, 0.1) is 0 Å². The second-order valence-corrected chi connectivity index (χ2v) is 18.0. The van der Waals surface area contributed by atoms with E-state index in [1.165, 1.54) is 50.7 Å². The van der Waals surface area contributed by atoms with Crippen LogP contribution in [0.2, 0.25) is 0 Å². The first-order chi connectivity index (χ1) is 28.6. The van der Waals surface area contributed by atoms with Gasteiger partial charge >= 0.3 is 21.7 Å². The minimum Gasteiger partial charge on any atom is -0.421 e.